The van der Waals surface area contributed by atoms with E-state index in [-0.39, 0.29) is 0 Å². The van der Waals surface area contributed by atoms with Crippen LogP contribution in [0.2, 0.25) is 5.15 Å². The average Bonchev–Trinajstić information content (AvgIpc) is 2.33. The van der Waals surface area contributed by atoms with E-state index in [0.717, 1.165) is 24.1 Å². The molecule has 0 aliphatic carbocycles. The molecule has 0 unspecified atom stereocenters. The fourth-order valence-electron chi connectivity index (χ4n) is 1.70. The van der Waals surface area contributed by atoms with E-state index >= 15 is 0 Å². The Labute approximate surface area is 100 Å². The van der Waals surface area contributed by atoms with Crippen LogP contribution < -0.4 is 0 Å². The fraction of sp³-hybridized carbons (Fsp3) is 0.231. The minimum Gasteiger partial charge on any atom is -0.241 e. The highest BCUT2D eigenvalue weighted by Gasteiger charge is 2.08. The van der Waals surface area contributed by atoms with Crippen molar-refractivity contribution >= 4 is 11.6 Å². The molecule has 0 amide bonds. The second-order valence-electron chi connectivity index (χ2n) is 3.61. The molecule has 1 aromatic heterocycles. The second kappa shape index (κ2) is 5.08. The third kappa shape index (κ3) is 2.39. The van der Waals surface area contributed by atoms with Crippen LogP contribution >= 0.6 is 11.6 Å². The Balaban J connectivity index is 2.34. The van der Waals surface area contributed by atoms with Gasteiger partial charge in [-0.25, -0.2) is 9.97 Å². The lowest BCUT2D eigenvalue weighted by atomic mass is 10.0. The maximum absolute atomic E-state index is 6.11. The van der Waals surface area contributed by atoms with Crippen LogP contribution in [0.15, 0.2) is 36.7 Å². The van der Waals surface area contributed by atoms with E-state index in [1.54, 1.807) is 0 Å². The van der Waals surface area contributed by atoms with Crippen LogP contribution in [-0.4, -0.2) is 9.97 Å². The number of benzene rings is 1. The van der Waals surface area contributed by atoms with Crippen molar-refractivity contribution in [2.24, 2.45) is 0 Å². The van der Waals surface area contributed by atoms with Crippen LogP contribution in [0, 0.1) is 0 Å². The van der Waals surface area contributed by atoms with Crippen LogP contribution in [0.1, 0.15) is 23.7 Å². The number of aryl methyl sites for hydroxylation is 1. The van der Waals surface area contributed by atoms with Gasteiger partial charge in [0.2, 0.25) is 0 Å². The lowest BCUT2D eigenvalue weighted by molar-refractivity contribution is 0.942. The first-order chi connectivity index (χ1) is 7.81. The molecule has 2 aromatic rings. The monoisotopic (exact) mass is 232 g/mol. The van der Waals surface area contributed by atoms with Gasteiger partial charge in [0.05, 0.1) is 0 Å². The van der Waals surface area contributed by atoms with Crippen molar-refractivity contribution in [2.45, 2.75) is 19.8 Å². The fourth-order valence-corrected chi connectivity index (χ4v) is 1.92. The molecule has 2 rings (SSSR count). The summed E-state index contributed by atoms with van der Waals surface area (Å²) >= 11 is 6.11. The number of nitrogens with zero attached hydrogens (tertiary/aromatic N) is 2. The van der Waals surface area contributed by atoms with Gasteiger partial charge in [0, 0.05) is 17.7 Å². The Morgan fingerprint density at radius 2 is 1.88 bits per heavy atom. The molecule has 0 spiro atoms. The van der Waals surface area contributed by atoms with Crippen molar-refractivity contribution in [3.8, 4) is 0 Å². The van der Waals surface area contributed by atoms with E-state index in [1.165, 1.54) is 11.9 Å². The minimum absolute atomic E-state index is 0.565. The molecule has 3 heteroatoms. The first-order valence-corrected chi connectivity index (χ1v) is 5.71. The van der Waals surface area contributed by atoms with Gasteiger partial charge in [-0.2, -0.15) is 0 Å². The Bertz CT molecular complexity index is 469. The molecule has 0 bridgehead atoms. The zero-order chi connectivity index (χ0) is 11.4. The molecular weight excluding hydrogens is 220 g/mol. The maximum atomic E-state index is 6.11. The van der Waals surface area contributed by atoms with Crippen LogP contribution in [0.3, 0.4) is 0 Å². The van der Waals surface area contributed by atoms with Gasteiger partial charge >= 0.3 is 0 Å². The van der Waals surface area contributed by atoms with Crippen molar-refractivity contribution in [3.05, 3.63) is 58.6 Å². The molecule has 0 aliphatic heterocycles. The molecule has 0 atom stereocenters. The summed E-state index contributed by atoms with van der Waals surface area (Å²) in [5.74, 6) is 0. The highest BCUT2D eigenvalue weighted by atomic mass is 35.5. The van der Waals surface area contributed by atoms with Gasteiger partial charge in [-0.15, -0.1) is 0 Å². The molecule has 1 heterocycles. The highest BCUT2D eigenvalue weighted by molar-refractivity contribution is 6.30. The molecule has 1 aromatic carbocycles. The first kappa shape index (κ1) is 11.1. The summed E-state index contributed by atoms with van der Waals surface area (Å²) in [7, 11) is 0. The highest BCUT2D eigenvalue weighted by Crippen LogP contribution is 2.19. The first-order valence-electron chi connectivity index (χ1n) is 5.33. The van der Waals surface area contributed by atoms with Crippen molar-refractivity contribution in [2.75, 3.05) is 0 Å². The van der Waals surface area contributed by atoms with Crippen LogP contribution in [-0.2, 0) is 12.8 Å². The number of rotatable bonds is 3. The zero-order valence-corrected chi connectivity index (χ0v) is 9.91. The molecular formula is C13H13ClN2. The number of hydrogen-bond donors (Lipinski definition) is 0. The summed E-state index contributed by atoms with van der Waals surface area (Å²) in [6, 6.07) is 10.2. The van der Waals surface area contributed by atoms with Crippen molar-refractivity contribution in [1.82, 2.24) is 9.97 Å². The Hall–Kier alpha value is -1.41. The predicted octanol–water partition coefficient (Wildman–Crippen LogP) is 3.28. The average molecular weight is 233 g/mol. The van der Waals surface area contributed by atoms with E-state index < -0.39 is 0 Å². The molecule has 0 N–H and O–H groups in total. The van der Waals surface area contributed by atoms with Gasteiger partial charge in [0.25, 0.3) is 0 Å². The van der Waals surface area contributed by atoms with Crippen LogP contribution in [0.4, 0.5) is 0 Å². The number of hydrogen-bond acceptors (Lipinski definition) is 2. The smallest absolute Gasteiger partial charge is 0.136 e. The van der Waals surface area contributed by atoms with Crippen LogP contribution in [0.5, 0.6) is 0 Å². The van der Waals surface area contributed by atoms with E-state index in [1.807, 2.05) is 18.2 Å². The summed E-state index contributed by atoms with van der Waals surface area (Å²) in [6.07, 6.45) is 3.20. The Morgan fingerprint density at radius 3 is 2.56 bits per heavy atom. The molecule has 82 valence electrons. The molecule has 16 heavy (non-hydrogen) atoms. The summed E-state index contributed by atoms with van der Waals surface area (Å²) in [5, 5.41) is 0.565. The van der Waals surface area contributed by atoms with E-state index in [2.05, 4.69) is 29.0 Å². The molecule has 0 saturated heterocycles. The topological polar surface area (TPSA) is 25.8 Å². The van der Waals surface area contributed by atoms with Gasteiger partial charge in [0.15, 0.2) is 0 Å². The largest absolute Gasteiger partial charge is 0.241 e. The quantitative estimate of drug-likeness (QED) is 0.759. The standard InChI is InChI=1S/C13H13ClN2/c1-2-12-11(13(14)16-9-15-12)8-10-6-4-3-5-7-10/h3-7,9H,2,8H2,1H3. The van der Waals surface area contributed by atoms with E-state index in [0.29, 0.717) is 5.15 Å². The SMILES string of the molecule is CCc1ncnc(Cl)c1Cc1ccccc1. The molecule has 2 nitrogen and oxygen atoms in total. The van der Waals surface area contributed by atoms with E-state index in [4.69, 9.17) is 11.6 Å². The van der Waals surface area contributed by atoms with Gasteiger partial charge < -0.3 is 0 Å². The number of halogens is 1. The Kier molecular flexibility index (Phi) is 3.52. The maximum Gasteiger partial charge on any atom is 0.136 e. The van der Waals surface area contributed by atoms with Crippen LogP contribution in [0.25, 0.3) is 0 Å². The summed E-state index contributed by atoms with van der Waals surface area (Å²) in [5.41, 5.74) is 3.30. The van der Waals surface area contributed by atoms with Crippen molar-refractivity contribution in [1.29, 1.82) is 0 Å². The third-order valence-electron chi connectivity index (χ3n) is 2.54. The van der Waals surface area contributed by atoms with Crippen molar-refractivity contribution < 1.29 is 0 Å². The van der Waals surface area contributed by atoms with Gasteiger partial charge in [0.1, 0.15) is 11.5 Å². The Morgan fingerprint density at radius 1 is 1.12 bits per heavy atom. The molecule has 0 radical (unpaired) electrons. The van der Waals surface area contributed by atoms with Gasteiger partial charge in [-0.3, -0.25) is 0 Å². The minimum atomic E-state index is 0.565. The summed E-state index contributed by atoms with van der Waals surface area (Å²) in [6.45, 7) is 2.08. The van der Waals surface area contributed by atoms with Gasteiger partial charge in [-0.1, -0.05) is 48.9 Å². The summed E-state index contributed by atoms with van der Waals surface area (Å²) in [4.78, 5) is 8.30. The normalized spacial score (nSPS) is 10.4. The van der Waals surface area contributed by atoms with Gasteiger partial charge in [-0.05, 0) is 12.0 Å². The van der Waals surface area contributed by atoms with Crippen molar-refractivity contribution in [3.63, 3.8) is 0 Å². The lowest BCUT2D eigenvalue weighted by Gasteiger charge is -2.07. The predicted molar refractivity (Wildman–Crippen MR) is 65.7 cm³/mol. The summed E-state index contributed by atoms with van der Waals surface area (Å²) < 4.78 is 0. The van der Waals surface area contributed by atoms with E-state index in [9.17, 15) is 0 Å². The third-order valence-corrected chi connectivity index (χ3v) is 2.87. The second-order valence-corrected chi connectivity index (χ2v) is 3.96. The zero-order valence-electron chi connectivity index (χ0n) is 9.15. The molecule has 0 aliphatic rings. The number of aromatic nitrogens is 2. The molecule has 0 saturated carbocycles. The lowest BCUT2D eigenvalue weighted by Crippen LogP contribution is -2.00. The molecule has 0 fully saturated rings.